The number of carbonyl (C=O) groups is 1. The third-order valence-electron chi connectivity index (χ3n) is 4.30. The Bertz CT molecular complexity index is 840. The number of fused-ring (bicyclic) bond motifs is 1. The molecule has 1 atom stereocenters. The molecule has 1 amide bonds. The number of para-hydroxylation sites is 2. The molecule has 154 valence electrons. The number of anilines is 1. The third-order valence-corrected chi connectivity index (χ3v) is 4.30. The van der Waals surface area contributed by atoms with E-state index in [1.54, 1.807) is 12.1 Å². The molecule has 0 radical (unpaired) electrons. The van der Waals surface area contributed by atoms with E-state index in [1.165, 1.54) is 0 Å². The highest BCUT2D eigenvalue weighted by molar-refractivity contribution is 6.00. The van der Waals surface area contributed by atoms with Crippen LogP contribution in [0.5, 0.6) is 17.2 Å². The summed E-state index contributed by atoms with van der Waals surface area (Å²) in [5.41, 5.74) is 1.61. The van der Waals surface area contributed by atoms with Crippen LogP contribution in [-0.4, -0.2) is 50.0 Å². The summed E-state index contributed by atoms with van der Waals surface area (Å²) < 4.78 is 17.0. The maximum atomic E-state index is 11.5. The van der Waals surface area contributed by atoms with Crippen LogP contribution in [0.1, 0.15) is 5.56 Å². The van der Waals surface area contributed by atoms with Crippen molar-refractivity contribution >= 4 is 11.6 Å². The average molecular weight is 398 g/mol. The highest BCUT2D eigenvalue weighted by atomic mass is 16.5. The topological polar surface area (TPSA) is 89.1 Å². The minimum absolute atomic E-state index is 0.0465. The second-order valence-corrected chi connectivity index (χ2v) is 6.57. The van der Waals surface area contributed by atoms with Crippen molar-refractivity contribution in [3.63, 3.8) is 0 Å². The molecule has 0 bridgehead atoms. The number of ether oxygens (including phenoxy) is 3. The summed E-state index contributed by atoms with van der Waals surface area (Å²) in [4.78, 5) is 11.5. The molecule has 0 aromatic heterocycles. The highest BCUT2D eigenvalue weighted by Crippen LogP contribution is 2.31. The largest absolute Gasteiger partial charge is 0.490 e. The first-order valence-electron chi connectivity index (χ1n) is 9.56. The van der Waals surface area contributed by atoms with E-state index in [0.29, 0.717) is 50.0 Å². The lowest BCUT2D eigenvalue weighted by atomic mass is 10.1. The van der Waals surface area contributed by atoms with Gasteiger partial charge >= 0.3 is 0 Å². The van der Waals surface area contributed by atoms with Gasteiger partial charge in [-0.15, -0.1) is 0 Å². The number of rotatable bonds is 12. The molecule has 1 unspecified atom stereocenters. The number of hydrogen-bond donors (Lipinski definition) is 3. The van der Waals surface area contributed by atoms with Crippen LogP contribution in [-0.2, 0) is 11.2 Å². The second-order valence-electron chi connectivity index (χ2n) is 6.57. The van der Waals surface area contributed by atoms with Gasteiger partial charge in [0.2, 0.25) is 5.91 Å². The molecule has 2 aromatic rings. The number of aliphatic hydroxyl groups excluding tert-OH is 1. The highest BCUT2D eigenvalue weighted by Gasteiger charge is 2.21. The first kappa shape index (κ1) is 20.7. The molecule has 0 aliphatic carbocycles. The van der Waals surface area contributed by atoms with Gasteiger partial charge in [-0.1, -0.05) is 30.9 Å². The molecule has 0 saturated heterocycles. The quantitative estimate of drug-likeness (QED) is 0.375. The lowest BCUT2D eigenvalue weighted by Gasteiger charge is -2.15. The molecule has 0 fully saturated rings. The molecule has 7 nitrogen and oxygen atoms in total. The summed E-state index contributed by atoms with van der Waals surface area (Å²) in [6.07, 6.45) is 1.30. The Kier molecular flexibility index (Phi) is 7.49. The van der Waals surface area contributed by atoms with E-state index in [9.17, 15) is 9.90 Å². The number of carbonyl (C=O) groups excluding carboxylic acids is 1. The van der Waals surface area contributed by atoms with E-state index in [1.807, 2.05) is 36.4 Å². The Morgan fingerprint density at radius 3 is 2.66 bits per heavy atom. The van der Waals surface area contributed by atoms with Crippen molar-refractivity contribution in [1.82, 2.24) is 5.32 Å². The summed E-state index contributed by atoms with van der Waals surface area (Å²) >= 11 is 0. The van der Waals surface area contributed by atoms with Crippen LogP contribution >= 0.6 is 0 Å². The molecule has 3 rings (SSSR count). The van der Waals surface area contributed by atoms with Gasteiger partial charge in [0.1, 0.15) is 31.7 Å². The van der Waals surface area contributed by atoms with Gasteiger partial charge < -0.3 is 30.0 Å². The summed E-state index contributed by atoms with van der Waals surface area (Å²) in [5.74, 6) is 1.92. The summed E-state index contributed by atoms with van der Waals surface area (Å²) in [7, 11) is 0. The van der Waals surface area contributed by atoms with Crippen LogP contribution in [0.15, 0.2) is 55.1 Å². The lowest BCUT2D eigenvalue weighted by Crippen LogP contribution is -2.33. The molecule has 0 spiro atoms. The van der Waals surface area contributed by atoms with Crippen LogP contribution in [0.4, 0.5) is 5.69 Å². The minimum Gasteiger partial charge on any atom is -0.490 e. The first-order valence-corrected chi connectivity index (χ1v) is 9.56. The van der Waals surface area contributed by atoms with Gasteiger partial charge in [-0.2, -0.15) is 0 Å². The Labute approximate surface area is 170 Å². The summed E-state index contributed by atoms with van der Waals surface area (Å²) in [6.45, 7) is 5.55. The molecular formula is C22H26N2O5. The van der Waals surface area contributed by atoms with Crippen molar-refractivity contribution in [1.29, 1.82) is 0 Å². The van der Waals surface area contributed by atoms with Gasteiger partial charge in [0.25, 0.3) is 0 Å². The van der Waals surface area contributed by atoms with E-state index in [0.717, 1.165) is 11.3 Å². The van der Waals surface area contributed by atoms with Crippen molar-refractivity contribution in [2.24, 2.45) is 0 Å². The fraction of sp³-hybridized carbons (Fsp3) is 0.318. The Morgan fingerprint density at radius 2 is 1.86 bits per heavy atom. The molecule has 2 aromatic carbocycles. The second kappa shape index (κ2) is 10.5. The van der Waals surface area contributed by atoms with Crippen molar-refractivity contribution in [3.05, 3.63) is 60.7 Å². The number of aliphatic hydroxyl groups is 1. The Hall–Kier alpha value is -3.03. The molecule has 1 heterocycles. The van der Waals surface area contributed by atoms with Crippen LogP contribution in [0.2, 0.25) is 0 Å². The fourth-order valence-corrected chi connectivity index (χ4v) is 2.94. The van der Waals surface area contributed by atoms with Crippen molar-refractivity contribution in [2.75, 3.05) is 38.2 Å². The number of benzene rings is 2. The monoisotopic (exact) mass is 398 g/mol. The molecule has 7 heteroatoms. The standard InChI is InChI=1S/C22H26N2O5/c1-2-11-27-20-7-3-4-8-21(20)28-12-10-23-14-16(25)15-29-19-9-5-6-18-17(19)13-22(26)24-18/h2-9,16,23,25H,1,10-15H2,(H,24,26). The molecule has 3 N–H and O–H groups in total. The van der Waals surface area contributed by atoms with Gasteiger partial charge in [0, 0.05) is 24.3 Å². The third kappa shape index (κ3) is 5.97. The maximum Gasteiger partial charge on any atom is 0.229 e. The lowest BCUT2D eigenvalue weighted by molar-refractivity contribution is -0.115. The van der Waals surface area contributed by atoms with E-state index >= 15 is 0 Å². The van der Waals surface area contributed by atoms with Crippen molar-refractivity contribution < 1.29 is 24.1 Å². The van der Waals surface area contributed by atoms with E-state index in [4.69, 9.17) is 14.2 Å². The first-order chi connectivity index (χ1) is 14.2. The predicted octanol–water partition coefficient (Wildman–Crippen LogP) is 2.15. The number of nitrogens with one attached hydrogen (secondary N) is 2. The van der Waals surface area contributed by atoms with Crippen LogP contribution in [0, 0.1) is 0 Å². The molecule has 0 saturated carbocycles. The zero-order valence-corrected chi connectivity index (χ0v) is 16.2. The zero-order valence-electron chi connectivity index (χ0n) is 16.2. The van der Waals surface area contributed by atoms with Gasteiger partial charge in [-0.3, -0.25) is 4.79 Å². The van der Waals surface area contributed by atoms with Crippen LogP contribution in [0.25, 0.3) is 0 Å². The van der Waals surface area contributed by atoms with Gasteiger partial charge in [-0.25, -0.2) is 0 Å². The predicted molar refractivity (Wildman–Crippen MR) is 111 cm³/mol. The number of amides is 1. The molecular weight excluding hydrogens is 372 g/mol. The molecule has 29 heavy (non-hydrogen) atoms. The fourth-order valence-electron chi connectivity index (χ4n) is 2.94. The smallest absolute Gasteiger partial charge is 0.229 e. The van der Waals surface area contributed by atoms with Crippen LogP contribution in [0.3, 0.4) is 0 Å². The normalized spacial score (nSPS) is 13.3. The van der Waals surface area contributed by atoms with E-state index < -0.39 is 6.10 Å². The summed E-state index contributed by atoms with van der Waals surface area (Å²) in [5, 5.41) is 16.0. The minimum atomic E-state index is -0.681. The maximum absolute atomic E-state index is 11.5. The van der Waals surface area contributed by atoms with E-state index in [2.05, 4.69) is 17.2 Å². The van der Waals surface area contributed by atoms with Gasteiger partial charge in [-0.05, 0) is 24.3 Å². The van der Waals surface area contributed by atoms with Gasteiger partial charge in [0.05, 0.1) is 6.42 Å². The SMILES string of the molecule is C=CCOc1ccccc1OCCNCC(O)COc1cccc2c1CC(=O)N2. The summed E-state index contributed by atoms with van der Waals surface area (Å²) in [6, 6.07) is 12.9. The van der Waals surface area contributed by atoms with Crippen molar-refractivity contribution in [3.8, 4) is 17.2 Å². The molecule has 1 aliphatic heterocycles. The van der Waals surface area contributed by atoms with E-state index in [-0.39, 0.29) is 12.5 Å². The van der Waals surface area contributed by atoms with Crippen LogP contribution < -0.4 is 24.8 Å². The Balaban J connectivity index is 1.35. The molecule has 1 aliphatic rings. The number of hydrogen-bond acceptors (Lipinski definition) is 6. The zero-order chi connectivity index (χ0) is 20.5. The van der Waals surface area contributed by atoms with Crippen molar-refractivity contribution in [2.45, 2.75) is 12.5 Å². The van der Waals surface area contributed by atoms with Gasteiger partial charge in [0.15, 0.2) is 11.5 Å². The Morgan fingerprint density at radius 1 is 1.10 bits per heavy atom. The average Bonchev–Trinajstić information content (AvgIpc) is 3.12.